The Balaban J connectivity index is 3.00. The van der Waals surface area contributed by atoms with Gasteiger partial charge in [0.15, 0.2) is 0 Å². The number of rotatable bonds is 4. The van der Waals surface area contributed by atoms with Crippen LogP contribution < -0.4 is 5.32 Å². The van der Waals surface area contributed by atoms with Gasteiger partial charge in [-0.05, 0) is 32.4 Å². The van der Waals surface area contributed by atoms with Crippen molar-refractivity contribution in [2.24, 2.45) is 0 Å². The first kappa shape index (κ1) is 13.2. The fraction of sp³-hybridized carbons (Fsp3) is 0.333. The van der Waals surface area contributed by atoms with E-state index < -0.39 is 10.7 Å². The first-order valence-electron chi connectivity index (χ1n) is 5.23. The number of anilines is 1. The molecule has 0 unspecified atom stereocenters. The topological polar surface area (TPSA) is 55.2 Å². The van der Waals surface area contributed by atoms with E-state index in [2.05, 4.69) is 5.32 Å². The molecule has 0 atom stereocenters. The fourth-order valence-corrected chi connectivity index (χ4v) is 1.33. The van der Waals surface area contributed by atoms with Gasteiger partial charge in [0.1, 0.15) is 11.5 Å². The molecule has 0 amide bonds. The van der Waals surface area contributed by atoms with Crippen LogP contribution in [0.15, 0.2) is 23.8 Å². The van der Waals surface area contributed by atoms with Crippen LogP contribution in [0.3, 0.4) is 0 Å². The minimum Gasteiger partial charge on any atom is -0.376 e. The summed E-state index contributed by atoms with van der Waals surface area (Å²) in [7, 11) is 0. The number of benzene rings is 1. The molecule has 1 N–H and O–H groups in total. The maximum absolute atomic E-state index is 13.2. The molecular weight excluding hydrogens is 223 g/mol. The number of nitrogens with one attached hydrogen (secondary N) is 1. The summed E-state index contributed by atoms with van der Waals surface area (Å²) in [6.07, 6.45) is 1.91. The second kappa shape index (κ2) is 5.43. The van der Waals surface area contributed by atoms with Gasteiger partial charge in [-0.25, -0.2) is 4.39 Å². The van der Waals surface area contributed by atoms with Crippen LogP contribution in [0.25, 0.3) is 0 Å². The Bertz CT molecular complexity index is 466. The SMILES string of the molecule is CC(C)=CCNc1cc(C)c(F)cc1[N+](=O)[O-]. The quantitative estimate of drug-likeness (QED) is 0.496. The molecule has 0 aromatic heterocycles. The van der Waals surface area contributed by atoms with E-state index in [0.717, 1.165) is 11.6 Å². The number of hydrogen-bond acceptors (Lipinski definition) is 3. The van der Waals surface area contributed by atoms with Gasteiger partial charge in [-0.2, -0.15) is 0 Å². The number of nitro groups is 1. The smallest absolute Gasteiger partial charge is 0.295 e. The maximum atomic E-state index is 13.2. The van der Waals surface area contributed by atoms with E-state index in [0.29, 0.717) is 17.8 Å². The molecule has 0 aliphatic heterocycles. The predicted molar refractivity (Wildman–Crippen MR) is 65.7 cm³/mol. The van der Waals surface area contributed by atoms with Crippen LogP contribution in [0.4, 0.5) is 15.8 Å². The number of nitro benzene ring substituents is 1. The summed E-state index contributed by atoms with van der Waals surface area (Å²) in [4.78, 5) is 10.2. The molecule has 1 aromatic carbocycles. The largest absolute Gasteiger partial charge is 0.376 e. The molecule has 0 fully saturated rings. The van der Waals surface area contributed by atoms with Crippen LogP contribution in [-0.4, -0.2) is 11.5 Å². The van der Waals surface area contributed by atoms with Crippen LogP contribution in [-0.2, 0) is 0 Å². The average Bonchev–Trinajstić information content (AvgIpc) is 2.22. The lowest BCUT2D eigenvalue weighted by Gasteiger charge is -2.07. The third-order valence-corrected chi connectivity index (χ3v) is 2.28. The van der Waals surface area contributed by atoms with Gasteiger partial charge in [0.2, 0.25) is 0 Å². The van der Waals surface area contributed by atoms with E-state index in [1.54, 1.807) is 6.92 Å². The Morgan fingerprint density at radius 1 is 1.53 bits per heavy atom. The van der Waals surface area contributed by atoms with Gasteiger partial charge in [0.05, 0.1) is 11.0 Å². The summed E-state index contributed by atoms with van der Waals surface area (Å²) in [6.45, 7) is 5.93. The minimum absolute atomic E-state index is 0.241. The van der Waals surface area contributed by atoms with Crippen molar-refractivity contribution in [1.29, 1.82) is 0 Å². The van der Waals surface area contributed by atoms with Crippen LogP contribution in [0.5, 0.6) is 0 Å². The maximum Gasteiger partial charge on any atom is 0.295 e. The van der Waals surface area contributed by atoms with Gasteiger partial charge >= 0.3 is 0 Å². The normalized spacial score (nSPS) is 9.88. The van der Waals surface area contributed by atoms with Crippen molar-refractivity contribution >= 4 is 11.4 Å². The molecular formula is C12H15FN2O2. The van der Waals surface area contributed by atoms with Crippen molar-refractivity contribution in [1.82, 2.24) is 0 Å². The standard InChI is InChI=1S/C12H15FN2O2/c1-8(2)4-5-14-11-6-9(3)10(13)7-12(11)15(16)17/h4,6-7,14H,5H2,1-3H3. The first-order valence-corrected chi connectivity index (χ1v) is 5.23. The minimum atomic E-state index is -0.590. The monoisotopic (exact) mass is 238 g/mol. The molecule has 1 aromatic rings. The van der Waals surface area contributed by atoms with Crippen molar-refractivity contribution in [2.75, 3.05) is 11.9 Å². The molecule has 0 aliphatic carbocycles. The van der Waals surface area contributed by atoms with Crippen LogP contribution in [0.2, 0.25) is 0 Å². The predicted octanol–water partition coefficient (Wildman–Crippen LogP) is 3.42. The number of allylic oxidation sites excluding steroid dienone is 1. The van der Waals surface area contributed by atoms with Crippen LogP contribution >= 0.6 is 0 Å². The highest BCUT2D eigenvalue weighted by molar-refractivity contribution is 5.63. The van der Waals surface area contributed by atoms with E-state index in [-0.39, 0.29) is 5.69 Å². The van der Waals surface area contributed by atoms with Gasteiger partial charge < -0.3 is 5.32 Å². The molecule has 0 saturated carbocycles. The molecule has 0 radical (unpaired) electrons. The highest BCUT2D eigenvalue weighted by Gasteiger charge is 2.16. The van der Waals surface area contributed by atoms with Crippen LogP contribution in [0.1, 0.15) is 19.4 Å². The van der Waals surface area contributed by atoms with Crippen molar-refractivity contribution in [3.8, 4) is 0 Å². The summed E-state index contributed by atoms with van der Waals surface area (Å²) in [6, 6.07) is 2.40. The molecule has 1 rings (SSSR count). The van der Waals surface area contributed by atoms with Gasteiger partial charge in [-0.1, -0.05) is 11.6 Å². The summed E-state index contributed by atoms with van der Waals surface area (Å²) in [5.41, 5.74) is 1.59. The van der Waals surface area contributed by atoms with E-state index in [4.69, 9.17) is 0 Å². The molecule has 0 aliphatic rings. The van der Waals surface area contributed by atoms with Gasteiger partial charge in [-0.3, -0.25) is 10.1 Å². The zero-order valence-electron chi connectivity index (χ0n) is 10.1. The van der Waals surface area contributed by atoms with Crippen LogP contribution in [0, 0.1) is 22.9 Å². The Hall–Kier alpha value is -1.91. The van der Waals surface area contributed by atoms with Crippen molar-refractivity contribution in [3.63, 3.8) is 0 Å². The Morgan fingerprint density at radius 2 is 2.18 bits per heavy atom. The average molecular weight is 238 g/mol. The second-order valence-corrected chi connectivity index (χ2v) is 4.04. The van der Waals surface area contributed by atoms with Crippen molar-refractivity contribution in [2.45, 2.75) is 20.8 Å². The van der Waals surface area contributed by atoms with Crippen molar-refractivity contribution in [3.05, 3.63) is 45.3 Å². The lowest BCUT2D eigenvalue weighted by atomic mass is 10.1. The number of aryl methyl sites for hydroxylation is 1. The first-order chi connectivity index (χ1) is 7.91. The molecule has 92 valence electrons. The molecule has 0 spiro atoms. The van der Waals surface area contributed by atoms with Gasteiger partial charge in [0.25, 0.3) is 5.69 Å². The number of nitrogens with zero attached hydrogens (tertiary/aromatic N) is 1. The Morgan fingerprint density at radius 3 is 2.71 bits per heavy atom. The molecule has 4 nitrogen and oxygen atoms in total. The highest BCUT2D eigenvalue weighted by Crippen LogP contribution is 2.27. The molecule has 0 heterocycles. The lowest BCUT2D eigenvalue weighted by molar-refractivity contribution is -0.384. The number of halogens is 1. The lowest BCUT2D eigenvalue weighted by Crippen LogP contribution is -2.04. The third kappa shape index (κ3) is 3.55. The zero-order valence-corrected chi connectivity index (χ0v) is 10.1. The van der Waals surface area contributed by atoms with Crippen molar-refractivity contribution < 1.29 is 9.31 Å². The Kier molecular flexibility index (Phi) is 4.20. The zero-order chi connectivity index (χ0) is 13.0. The fourth-order valence-electron chi connectivity index (χ4n) is 1.33. The summed E-state index contributed by atoms with van der Waals surface area (Å²) < 4.78 is 13.2. The molecule has 17 heavy (non-hydrogen) atoms. The van der Waals surface area contributed by atoms with Gasteiger partial charge in [0, 0.05) is 6.54 Å². The number of hydrogen-bond donors (Lipinski definition) is 1. The second-order valence-electron chi connectivity index (χ2n) is 4.04. The highest BCUT2D eigenvalue weighted by atomic mass is 19.1. The summed E-state index contributed by atoms with van der Waals surface area (Å²) in [5, 5.41) is 13.7. The van der Waals surface area contributed by atoms with E-state index in [1.807, 2.05) is 19.9 Å². The third-order valence-electron chi connectivity index (χ3n) is 2.28. The summed E-state index contributed by atoms with van der Waals surface area (Å²) >= 11 is 0. The van der Waals surface area contributed by atoms with E-state index in [1.165, 1.54) is 6.07 Å². The van der Waals surface area contributed by atoms with Gasteiger partial charge in [-0.15, -0.1) is 0 Å². The Labute approximate surface area is 99.3 Å². The molecule has 0 saturated heterocycles. The molecule has 0 bridgehead atoms. The summed E-state index contributed by atoms with van der Waals surface area (Å²) in [5.74, 6) is -0.565. The molecule has 5 heteroatoms. The van der Waals surface area contributed by atoms with E-state index >= 15 is 0 Å². The van der Waals surface area contributed by atoms with E-state index in [9.17, 15) is 14.5 Å².